The van der Waals surface area contributed by atoms with Crippen molar-refractivity contribution in [1.29, 1.82) is 0 Å². The first-order valence-electron chi connectivity index (χ1n) is 7.43. The Balaban J connectivity index is 1.74. The van der Waals surface area contributed by atoms with Crippen LogP contribution in [-0.2, 0) is 13.0 Å². The number of rotatable bonds is 1. The fourth-order valence-corrected chi connectivity index (χ4v) is 2.78. The Morgan fingerprint density at radius 2 is 1.82 bits per heavy atom. The molecule has 0 saturated carbocycles. The molecule has 2 amide bonds. The standard InChI is InChI=1S/C18H19FN2O/c1-12-3-5-14-7-8-21(11-15(14)9-12)18(22)20-17-6-4-13(2)10-16(17)19/h3-6,9-10H,7-8,11H2,1-2H3,(H,20,22). The van der Waals surface area contributed by atoms with Crippen LogP contribution in [0.5, 0.6) is 0 Å². The number of nitrogens with zero attached hydrogens (tertiary/aromatic N) is 1. The van der Waals surface area contributed by atoms with E-state index >= 15 is 0 Å². The Morgan fingerprint density at radius 1 is 1.09 bits per heavy atom. The number of hydrogen-bond acceptors (Lipinski definition) is 1. The number of aryl methyl sites for hydroxylation is 2. The zero-order valence-electron chi connectivity index (χ0n) is 12.8. The van der Waals surface area contributed by atoms with E-state index in [0.717, 1.165) is 12.0 Å². The summed E-state index contributed by atoms with van der Waals surface area (Å²) in [6.07, 6.45) is 0.833. The number of amides is 2. The van der Waals surface area contributed by atoms with Gasteiger partial charge in [-0.25, -0.2) is 9.18 Å². The van der Waals surface area contributed by atoms with Gasteiger partial charge >= 0.3 is 6.03 Å². The van der Waals surface area contributed by atoms with Crippen LogP contribution < -0.4 is 5.32 Å². The maximum Gasteiger partial charge on any atom is 0.322 e. The lowest BCUT2D eigenvalue weighted by molar-refractivity contribution is 0.206. The zero-order valence-corrected chi connectivity index (χ0v) is 12.8. The summed E-state index contributed by atoms with van der Waals surface area (Å²) in [7, 11) is 0. The third-order valence-corrected chi connectivity index (χ3v) is 4.03. The Hall–Kier alpha value is -2.36. The van der Waals surface area contributed by atoms with Crippen LogP contribution in [0.3, 0.4) is 0 Å². The fraction of sp³-hybridized carbons (Fsp3) is 0.278. The van der Waals surface area contributed by atoms with E-state index in [-0.39, 0.29) is 11.7 Å². The summed E-state index contributed by atoms with van der Waals surface area (Å²) in [5, 5.41) is 2.66. The number of halogens is 1. The highest BCUT2D eigenvalue weighted by Gasteiger charge is 2.21. The number of carbonyl (C=O) groups excluding carboxylic acids is 1. The lowest BCUT2D eigenvalue weighted by atomic mass is 9.98. The van der Waals surface area contributed by atoms with Gasteiger partial charge in [0.25, 0.3) is 0 Å². The van der Waals surface area contributed by atoms with Crippen molar-refractivity contribution in [2.24, 2.45) is 0 Å². The van der Waals surface area contributed by atoms with E-state index in [1.54, 1.807) is 17.0 Å². The van der Waals surface area contributed by atoms with Crippen molar-refractivity contribution >= 4 is 11.7 Å². The summed E-state index contributed by atoms with van der Waals surface area (Å²) >= 11 is 0. The third-order valence-electron chi connectivity index (χ3n) is 4.03. The number of nitrogens with one attached hydrogen (secondary N) is 1. The van der Waals surface area contributed by atoms with Crippen LogP contribution in [-0.4, -0.2) is 17.5 Å². The van der Waals surface area contributed by atoms with Gasteiger partial charge < -0.3 is 10.2 Å². The van der Waals surface area contributed by atoms with Crippen LogP contribution in [0, 0.1) is 19.7 Å². The summed E-state index contributed by atoms with van der Waals surface area (Å²) in [5.41, 5.74) is 4.70. The van der Waals surface area contributed by atoms with Crippen LogP contribution in [0.15, 0.2) is 36.4 Å². The third kappa shape index (κ3) is 2.96. The summed E-state index contributed by atoms with van der Waals surface area (Å²) in [6, 6.07) is 10.9. The van der Waals surface area contributed by atoms with E-state index in [4.69, 9.17) is 0 Å². The molecule has 0 aliphatic carbocycles. The second-order valence-corrected chi connectivity index (χ2v) is 5.86. The van der Waals surface area contributed by atoms with Crippen LogP contribution in [0.25, 0.3) is 0 Å². The highest BCUT2D eigenvalue weighted by atomic mass is 19.1. The molecular weight excluding hydrogens is 279 g/mol. The van der Waals surface area contributed by atoms with Gasteiger partial charge in [0.2, 0.25) is 0 Å². The molecule has 0 fully saturated rings. The molecule has 114 valence electrons. The van der Waals surface area contributed by atoms with Gasteiger partial charge in [-0.05, 0) is 49.1 Å². The molecule has 0 bridgehead atoms. The number of carbonyl (C=O) groups is 1. The van der Waals surface area contributed by atoms with E-state index in [9.17, 15) is 9.18 Å². The van der Waals surface area contributed by atoms with Gasteiger partial charge in [0.15, 0.2) is 0 Å². The number of benzene rings is 2. The molecule has 0 spiro atoms. The predicted octanol–water partition coefficient (Wildman–Crippen LogP) is 4.03. The van der Waals surface area contributed by atoms with E-state index in [2.05, 4.69) is 23.5 Å². The van der Waals surface area contributed by atoms with Crippen molar-refractivity contribution in [3.8, 4) is 0 Å². The summed E-state index contributed by atoms with van der Waals surface area (Å²) in [5.74, 6) is -0.401. The molecule has 1 N–H and O–H groups in total. The quantitative estimate of drug-likeness (QED) is 0.847. The molecule has 0 atom stereocenters. The monoisotopic (exact) mass is 298 g/mol. The Morgan fingerprint density at radius 3 is 2.59 bits per heavy atom. The largest absolute Gasteiger partial charge is 0.322 e. The first-order chi connectivity index (χ1) is 10.5. The van der Waals surface area contributed by atoms with Crippen molar-refractivity contribution < 1.29 is 9.18 Å². The van der Waals surface area contributed by atoms with Crippen molar-refractivity contribution in [3.63, 3.8) is 0 Å². The summed E-state index contributed by atoms with van der Waals surface area (Å²) < 4.78 is 13.8. The van der Waals surface area contributed by atoms with E-state index in [0.29, 0.717) is 13.1 Å². The molecule has 1 aliphatic heterocycles. The van der Waals surface area contributed by atoms with Crippen molar-refractivity contribution in [2.75, 3.05) is 11.9 Å². The van der Waals surface area contributed by atoms with Gasteiger partial charge in [-0.2, -0.15) is 0 Å². The minimum atomic E-state index is -0.401. The molecule has 0 radical (unpaired) electrons. The number of fused-ring (bicyclic) bond motifs is 1. The second-order valence-electron chi connectivity index (χ2n) is 5.86. The lowest BCUT2D eigenvalue weighted by Crippen LogP contribution is -2.39. The Labute approximate surface area is 129 Å². The molecule has 2 aromatic carbocycles. The van der Waals surface area contributed by atoms with Crippen molar-refractivity contribution in [3.05, 3.63) is 64.5 Å². The smallest absolute Gasteiger partial charge is 0.320 e. The first kappa shape index (κ1) is 14.6. The van der Waals surface area contributed by atoms with Crippen LogP contribution in [0.2, 0.25) is 0 Å². The minimum absolute atomic E-state index is 0.227. The van der Waals surface area contributed by atoms with Gasteiger partial charge in [0, 0.05) is 13.1 Å². The van der Waals surface area contributed by atoms with Gasteiger partial charge in [-0.3, -0.25) is 0 Å². The van der Waals surface area contributed by atoms with Gasteiger partial charge in [0.05, 0.1) is 5.69 Å². The predicted molar refractivity (Wildman–Crippen MR) is 85.4 cm³/mol. The van der Waals surface area contributed by atoms with E-state index in [1.807, 2.05) is 13.8 Å². The normalized spacial score (nSPS) is 13.7. The van der Waals surface area contributed by atoms with E-state index in [1.165, 1.54) is 22.8 Å². The molecule has 3 rings (SSSR count). The zero-order chi connectivity index (χ0) is 15.7. The van der Waals surface area contributed by atoms with Crippen LogP contribution in [0.4, 0.5) is 14.9 Å². The molecule has 4 heteroatoms. The summed E-state index contributed by atoms with van der Waals surface area (Å²) in [4.78, 5) is 14.1. The molecule has 0 saturated heterocycles. The lowest BCUT2D eigenvalue weighted by Gasteiger charge is -2.29. The molecule has 3 nitrogen and oxygen atoms in total. The number of anilines is 1. The average Bonchev–Trinajstić information content (AvgIpc) is 2.49. The maximum atomic E-state index is 13.8. The minimum Gasteiger partial charge on any atom is -0.320 e. The first-order valence-corrected chi connectivity index (χ1v) is 7.43. The Kier molecular flexibility index (Phi) is 3.84. The SMILES string of the molecule is Cc1ccc(NC(=O)N2CCc3ccc(C)cc3C2)c(F)c1. The average molecular weight is 298 g/mol. The molecule has 1 aliphatic rings. The Bertz CT molecular complexity index is 727. The molecular formula is C18H19FN2O. The second kappa shape index (κ2) is 5.79. The van der Waals surface area contributed by atoms with Gasteiger partial charge in [-0.15, -0.1) is 0 Å². The maximum absolute atomic E-state index is 13.8. The topological polar surface area (TPSA) is 32.3 Å². The van der Waals surface area contributed by atoms with Gasteiger partial charge in [-0.1, -0.05) is 29.8 Å². The summed E-state index contributed by atoms with van der Waals surface area (Å²) in [6.45, 7) is 5.07. The highest BCUT2D eigenvalue weighted by Crippen LogP contribution is 2.22. The van der Waals surface area contributed by atoms with Crippen molar-refractivity contribution in [1.82, 2.24) is 4.90 Å². The number of hydrogen-bond donors (Lipinski definition) is 1. The molecule has 0 unspecified atom stereocenters. The van der Waals surface area contributed by atoms with Crippen LogP contribution >= 0.6 is 0 Å². The van der Waals surface area contributed by atoms with Crippen LogP contribution in [0.1, 0.15) is 22.3 Å². The molecule has 2 aromatic rings. The van der Waals surface area contributed by atoms with E-state index < -0.39 is 5.82 Å². The molecule has 22 heavy (non-hydrogen) atoms. The van der Waals surface area contributed by atoms with Crippen molar-refractivity contribution in [2.45, 2.75) is 26.8 Å². The number of urea groups is 1. The molecule has 0 aromatic heterocycles. The molecule has 1 heterocycles. The highest BCUT2D eigenvalue weighted by molar-refractivity contribution is 5.89. The van der Waals surface area contributed by atoms with Gasteiger partial charge in [0.1, 0.15) is 5.82 Å². The fourth-order valence-electron chi connectivity index (χ4n) is 2.78.